The maximum atomic E-state index is 12.4. The lowest BCUT2D eigenvalue weighted by Crippen LogP contribution is -2.46. The van der Waals surface area contributed by atoms with Gasteiger partial charge in [-0.05, 0) is 38.0 Å². The number of aromatic nitrogens is 3. The normalized spacial score (nSPS) is 12.3. The summed E-state index contributed by atoms with van der Waals surface area (Å²) >= 11 is 0. The molecule has 150 valence electrons. The van der Waals surface area contributed by atoms with Gasteiger partial charge in [0.05, 0.1) is 5.35 Å². The van der Waals surface area contributed by atoms with Crippen LogP contribution in [0.4, 0.5) is 0 Å². The van der Waals surface area contributed by atoms with E-state index in [1.165, 1.54) is 11.1 Å². The highest BCUT2D eigenvalue weighted by molar-refractivity contribution is 5.91. The van der Waals surface area contributed by atoms with E-state index in [0.717, 1.165) is 28.6 Å². The number of rotatable bonds is 5. The molecule has 3 N–H and O–H groups in total. The standard InChI is InChI=1S/C24H27N3O2/c1-7-24(5,6)21-18(13-20-23(29)25-15(4)22(28)27-20)17-11-10-16(9-8-14(2)3)12-19(17)26-21/h7-8,10-13,26H,1,4,9H2,2-3,5-6H3,(H,25,29)(H,27,28)/b20-13-. The Balaban J connectivity index is 2.32. The van der Waals surface area contributed by atoms with Crippen molar-refractivity contribution in [2.45, 2.75) is 39.5 Å². The Hall–Kier alpha value is -3.34. The molecule has 0 bridgehead atoms. The SMILES string of the molecule is C=CC(C)(C)c1[nH]c2cc(CC=C(C)C)ccc2c1/C=c1\[nH]c(=O)c(=C)[nH]c1=O. The van der Waals surface area contributed by atoms with Gasteiger partial charge in [-0.25, -0.2) is 0 Å². The second-order valence-corrected chi connectivity index (χ2v) is 8.15. The van der Waals surface area contributed by atoms with Gasteiger partial charge in [-0.2, -0.15) is 0 Å². The summed E-state index contributed by atoms with van der Waals surface area (Å²) in [6.45, 7) is 15.8. The average molecular weight is 389 g/mol. The summed E-state index contributed by atoms with van der Waals surface area (Å²) in [4.78, 5) is 32.9. The van der Waals surface area contributed by atoms with Gasteiger partial charge in [0.2, 0.25) is 0 Å². The van der Waals surface area contributed by atoms with Crippen LogP contribution in [0.3, 0.4) is 0 Å². The lowest BCUT2D eigenvalue weighted by Gasteiger charge is -2.19. The molecule has 0 unspecified atom stereocenters. The van der Waals surface area contributed by atoms with Gasteiger partial charge in [0.25, 0.3) is 11.1 Å². The predicted molar refractivity (Wildman–Crippen MR) is 121 cm³/mol. The zero-order valence-corrected chi connectivity index (χ0v) is 17.4. The lowest BCUT2D eigenvalue weighted by atomic mass is 9.86. The third-order valence-corrected chi connectivity index (χ3v) is 5.12. The van der Waals surface area contributed by atoms with Crippen molar-refractivity contribution in [1.82, 2.24) is 15.0 Å². The number of hydrogen-bond acceptors (Lipinski definition) is 2. The van der Waals surface area contributed by atoms with Crippen LogP contribution in [0.15, 0.2) is 52.1 Å². The molecule has 0 saturated heterocycles. The fourth-order valence-corrected chi connectivity index (χ4v) is 3.24. The fraction of sp³-hybridized carbons (Fsp3) is 0.250. The van der Waals surface area contributed by atoms with Gasteiger partial charge in [-0.15, -0.1) is 6.58 Å². The van der Waals surface area contributed by atoms with Gasteiger partial charge in [-0.1, -0.05) is 50.3 Å². The van der Waals surface area contributed by atoms with Crippen LogP contribution in [0, 0.1) is 0 Å². The Labute approximate surface area is 169 Å². The molecule has 0 amide bonds. The number of aromatic amines is 3. The number of nitrogens with one attached hydrogen (secondary N) is 3. The molecule has 0 atom stereocenters. The summed E-state index contributed by atoms with van der Waals surface area (Å²) < 4.78 is 0. The van der Waals surface area contributed by atoms with E-state index in [1.54, 1.807) is 6.08 Å². The van der Waals surface area contributed by atoms with E-state index in [2.05, 4.69) is 80.1 Å². The molecule has 0 aliphatic carbocycles. The van der Waals surface area contributed by atoms with Crippen LogP contribution >= 0.6 is 0 Å². The third kappa shape index (κ3) is 4.09. The van der Waals surface area contributed by atoms with E-state index >= 15 is 0 Å². The maximum Gasteiger partial charge on any atom is 0.272 e. The first kappa shape index (κ1) is 20.4. The average Bonchev–Trinajstić information content (AvgIpc) is 3.03. The number of fused-ring (bicyclic) bond motifs is 1. The van der Waals surface area contributed by atoms with E-state index in [0.29, 0.717) is 0 Å². The van der Waals surface area contributed by atoms with Crippen molar-refractivity contribution in [1.29, 1.82) is 0 Å². The number of hydrogen-bond donors (Lipinski definition) is 3. The largest absolute Gasteiger partial charge is 0.357 e. The molecule has 5 heteroatoms. The highest BCUT2D eigenvalue weighted by Gasteiger charge is 2.23. The Morgan fingerprint density at radius 2 is 1.83 bits per heavy atom. The highest BCUT2D eigenvalue weighted by atomic mass is 16.1. The van der Waals surface area contributed by atoms with Gasteiger partial charge in [0.15, 0.2) is 0 Å². The summed E-state index contributed by atoms with van der Waals surface area (Å²) in [6, 6.07) is 6.26. The van der Waals surface area contributed by atoms with Crippen molar-refractivity contribution in [2.24, 2.45) is 0 Å². The molecule has 0 aliphatic heterocycles. The van der Waals surface area contributed by atoms with Crippen LogP contribution in [0.2, 0.25) is 0 Å². The van der Waals surface area contributed by atoms with Crippen LogP contribution in [0.25, 0.3) is 23.6 Å². The van der Waals surface area contributed by atoms with Crippen LogP contribution in [0.5, 0.6) is 0 Å². The topological polar surface area (TPSA) is 81.5 Å². The molecule has 3 rings (SSSR count). The molecule has 0 radical (unpaired) electrons. The number of allylic oxidation sites excluding steroid dienone is 3. The number of H-pyrrole nitrogens is 3. The Bertz CT molecular complexity index is 1340. The molecular weight excluding hydrogens is 362 g/mol. The molecule has 0 saturated carbocycles. The van der Waals surface area contributed by atoms with Gasteiger partial charge in [-0.3, -0.25) is 9.59 Å². The Kier molecular flexibility index (Phi) is 5.33. The van der Waals surface area contributed by atoms with Crippen molar-refractivity contribution in [3.05, 3.63) is 90.7 Å². The first-order chi connectivity index (χ1) is 13.6. The second-order valence-electron chi connectivity index (χ2n) is 8.15. The van der Waals surface area contributed by atoms with Crippen molar-refractivity contribution in [2.75, 3.05) is 0 Å². The molecule has 0 spiro atoms. The summed E-state index contributed by atoms with van der Waals surface area (Å²) in [6.07, 6.45) is 6.63. The quantitative estimate of drug-likeness (QED) is 0.587. The Morgan fingerprint density at radius 1 is 1.10 bits per heavy atom. The predicted octanol–water partition coefficient (Wildman–Crippen LogP) is 2.76. The van der Waals surface area contributed by atoms with Gasteiger partial charge in [0, 0.05) is 27.6 Å². The number of benzene rings is 1. The molecule has 29 heavy (non-hydrogen) atoms. The third-order valence-electron chi connectivity index (χ3n) is 5.12. The highest BCUT2D eigenvalue weighted by Crippen LogP contribution is 2.33. The van der Waals surface area contributed by atoms with Crippen LogP contribution < -0.4 is 21.8 Å². The minimum Gasteiger partial charge on any atom is -0.357 e. The minimum atomic E-state index is -0.413. The summed E-state index contributed by atoms with van der Waals surface area (Å²) in [5.41, 5.74) is 4.09. The zero-order valence-electron chi connectivity index (χ0n) is 17.4. The van der Waals surface area contributed by atoms with Crippen LogP contribution in [-0.4, -0.2) is 15.0 Å². The molecule has 3 aromatic rings. The molecule has 2 aromatic heterocycles. The van der Waals surface area contributed by atoms with E-state index in [-0.39, 0.29) is 21.7 Å². The zero-order chi connectivity index (χ0) is 21.3. The van der Waals surface area contributed by atoms with Crippen molar-refractivity contribution >= 4 is 23.6 Å². The van der Waals surface area contributed by atoms with E-state index < -0.39 is 5.56 Å². The van der Waals surface area contributed by atoms with Gasteiger partial charge < -0.3 is 15.0 Å². The second kappa shape index (κ2) is 7.59. The maximum absolute atomic E-state index is 12.4. The summed E-state index contributed by atoms with van der Waals surface area (Å²) in [5.74, 6) is 0. The van der Waals surface area contributed by atoms with Gasteiger partial charge in [0.1, 0.15) is 5.35 Å². The summed E-state index contributed by atoms with van der Waals surface area (Å²) in [5, 5.41) is 1.22. The van der Waals surface area contributed by atoms with Crippen LogP contribution in [0.1, 0.15) is 44.5 Å². The smallest absolute Gasteiger partial charge is 0.272 e. The van der Waals surface area contributed by atoms with E-state index in [4.69, 9.17) is 0 Å². The molecule has 1 aromatic carbocycles. The summed E-state index contributed by atoms with van der Waals surface area (Å²) in [7, 11) is 0. The van der Waals surface area contributed by atoms with Crippen molar-refractivity contribution in [3.8, 4) is 0 Å². The monoisotopic (exact) mass is 389 g/mol. The molecule has 2 heterocycles. The van der Waals surface area contributed by atoms with E-state index in [1.807, 2.05) is 6.08 Å². The van der Waals surface area contributed by atoms with Crippen molar-refractivity contribution in [3.63, 3.8) is 0 Å². The minimum absolute atomic E-state index is 0.0432. The Morgan fingerprint density at radius 3 is 2.48 bits per heavy atom. The van der Waals surface area contributed by atoms with Gasteiger partial charge >= 0.3 is 0 Å². The molecule has 5 nitrogen and oxygen atoms in total. The van der Waals surface area contributed by atoms with Crippen molar-refractivity contribution < 1.29 is 0 Å². The molecule has 0 aliphatic rings. The fourth-order valence-electron chi connectivity index (χ4n) is 3.24. The molecular formula is C24H27N3O2. The molecule has 0 fully saturated rings. The first-order valence-electron chi connectivity index (χ1n) is 9.57. The lowest BCUT2D eigenvalue weighted by molar-refractivity contribution is 0.651. The van der Waals surface area contributed by atoms with E-state index in [9.17, 15) is 9.59 Å². The van der Waals surface area contributed by atoms with Crippen LogP contribution in [-0.2, 0) is 11.8 Å². The first-order valence-corrected chi connectivity index (χ1v) is 9.57.